The third-order valence-electron chi connectivity index (χ3n) is 3.17. The van der Waals surface area contributed by atoms with E-state index in [0.717, 1.165) is 10.1 Å². The summed E-state index contributed by atoms with van der Waals surface area (Å²) in [6, 6.07) is 1.35. The minimum absolute atomic E-state index is 0.0216. The second-order valence-corrected chi connectivity index (χ2v) is 4.64. The minimum atomic E-state index is -1.59. The van der Waals surface area contributed by atoms with Gasteiger partial charge >= 0.3 is 5.69 Å². The first-order chi connectivity index (χ1) is 9.45. The summed E-state index contributed by atoms with van der Waals surface area (Å²) in [7, 11) is 0. The van der Waals surface area contributed by atoms with Crippen molar-refractivity contribution in [3.63, 3.8) is 0 Å². The quantitative estimate of drug-likeness (QED) is 0.538. The van der Waals surface area contributed by atoms with Crippen LogP contribution < -0.4 is 11.4 Å². The molecule has 110 valence electrons. The number of nitrogens with zero attached hydrogens (tertiary/aromatic N) is 2. The third kappa shape index (κ3) is 2.32. The van der Waals surface area contributed by atoms with Gasteiger partial charge in [0.25, 0.3) is 0 Å². The molecule has 20 heavy (non-hydrogen) atoms. The number of anilines is 1. The van der Waals surface area contributed by atoms with Crippen LogP contribution in [0, 0.1) is 0 Å². The Kier molecular flexibility index (Phi) is 4.11. The van der Waals surface area contributed by atoms with E-state index >= 15 is 0 Å². The van der Waals surface area contributed by atoms with Gasteiger partial charge in [-0.25, -0.2) is 4.79 Å². The second-order valence-electron chi connectivity index (χ2n) is 4.39. The fraction of sp³-hybridized carbons (Fsp3) is 0.455. The molecule has 8 nitrogen and oxygen atoms in total. The smallest absolute Gasteiger partial charge is 0.351 e. The number of aliphatic hydroxyl groups excluding tert-OH is 3. The summed E-state index contributed by atoms with van der Waals surface area (Å²) in [5, 5.41) is 29.4. The number of hydrogen-bond acceptors (Lipinski definition) is 7. The van der Waals surface area contributed by atoms with E-state index in [1.54, 1.807) is 0 Å². The minimum Gasteiger partial charge on any atom is -0.393 e. The molecule has 0 amide bonds. The number of nitrogens with two attached hydrogens (primary N) is 1. The van der Waals surface area contributed by atoms with Gasteiger partial charge in [0.05, 0.1) is 6.61 Å². The molecule has 2 heterocycles. The maximum Gasteiger partial charge on any atom is 0.351 e. The lowest BCUT2D eigenvalue weighted by atomic mass is 9.96. The van der Waals surface area contributed by atoms with Crippen LogP contribution in [0.1, 0.15) is 6.23 Å². The average molecular weight is 304 g/mol. The Morgan fingerprint density at radius 1 is 1.60 bits per heavy atom. The molecule has 4 atom stereocenters. The molecule has 0 radical (unpaired) electrons. The van der Waals surface area contributed by atoms with Gasteiger partial charge in [0.1, 0.15) is 23.6 Å². The van der Waals surface area contributed by atoms with Gasteiger partial charge in [0, 0.05) is 11.7 Å². The van der Waals surface area contributed by atoms with Crippen molar-refractivity contribution < 1.29 is 20.1 Å². The van der Waals surface area contributed by atoms with Crippen molar-refractivity contribution in [3.8, 4) is 0 Å². The Bertz CT molecular complexity index is 577. The van der Waals surface area contributed by atoms with Gasteiger partial charge in [-0.05, 0) is 12.1 Å². The average Bonchev–Trinajstić information content (AvgIpc) is 2.65. The highest BCUT2D eigenvalue weighted by Crippen LogP contribution is 2.37. The third-order valence-corrected chi connectivity index (χ3v) is 3.30. The molecule has 0 bridgehead atoms. The van der Waals surface area contributed by atoms with E-state index in [2.05, 4.69) is 4.98 Å². The Balaban J connectivity index is 2.42. The first kappa shape index (κ1) is 14.9. The Morgan fingerprint density at radius 3 is 2.85 bits per heavy atom. The maximum atomic E-state index is 11.7. The molecule has 0 spiro atoms. The molecule has 0 aromatic carbocycles. The molecule has 0 aliphatic carbocycles. The summed E-state index contributed by atoms with van der Waals surface area (Å²) in [6.45, 7) is -0.623. The number of aliphatic hydroxyl groups is 3. The molecular weight excluding hydrogens is 290 g/mol. The van der Waals surface area contributed by atoms with E-state index in [1.807, 2.05) is 0 Å². The van der Waals surface area contributed by atoms with Crippen molar-refractivity contribution in [2.75, 3.05) is 12.3 Å². The van der Waals surface area contributed by atoms with Crippen LogP contribution in [0.3, 0.4) is 0 Å². The van der Waals surface area contributed by atoms with E-state index in [-0.39, 0.29) is 5.82 Å². The summed E-state index contributed by atoms with van der Waals surface area (Å²) in [4.78, 5) is 15.2. The van der Waals surface area contributed by atoms with E-state index in [9.17, 15) is 20.1 Å². The zero-order valence-corrected chi connectivity index (χ0v) is 11.0. The van der Waals surface area contributed by atoms with Crippen LogP contribution in [-0.2, 0) is 4.74 Å². The van der Waals surface area contributed by atoms with Crippen LogP contribution in [0.5, 0.6) is 0 Å². The van der Waals surface area contributed by atoms with Crippen LogP contribution in [-0.4, -0.2) is 49.3 Å². The fourth-order valence-corrected chi connectivity index (χ4v) is 2.29. The van der Waals surface area contributed by atoms with Crippen molar-refractivity contribution in [2.45, 2.75) is 24.0 Å². The standard InChI is InChI=1S/C11H14ClN3O5/c12-3-2-11(5-16)8(18)7(17)9(20-11)15-4-1-6(13)14-10(15)19/h1-4,7-9,16-18H,5H2,(H2,13,14,19)/t7-,8+,9-,11-/m1/s1. The maximum absolute atomic E-state index is 11.7. The van der Waals surface area contributed by atoms with Gasteiger partial charge in [0.2, 0.25) is 0 Å². The first-order valence-corrected chi connectivity index (χ1v) is 6.16. The van der Waals surface area contributed by atoms with Gasteiger partial charge in [-0.3, -0.25) is 4.57 Å². The van der Waals surface area contributed by atoms with Crippen LogP contribution in [0.15, 0.2) is 28.7 Å². The molecular formula is C11H14ClN3O5. The number of nitrogen functional groups attached to an aromatic ring is 1. The zero-order valence-electron chi connectivity index (χ0n) is 10.3. The molecule has 1 saturated heterocycles. The van der Waals surface area contributed by atoms with Crippen LogP contribution in [0.2, 0.25) is 0 Å². The van der Waals surface area contributed by atoms with Gasteiger partial charge in [0.15, 0.2) is 6.23 Å². The zero-order chi connectivity index (χ0) is 14.9. The summed E-state index contributed by atoms with van der Waals surface area (Å²) < 4.78 is 6.41. The summed E-state index contributed by atoms with van der Waals surface area (Å²) in [5.74, 6) is 0.0216. The topological polar surface area (TPSA) is 131 Å². The Hall–Kier alpha value is -1.45. The van der Waals surface area contributed by atoms with Gasteiger partial charge in [-0.15, -0.1) is 0 Å². The van der Waals surface area contributed by atoms with E-state index in [0.29, 0.717) is 0 Å². The van der Waals surface area contributed by atoms with E-state index < -0.39 is 36.3 Å². The van der Waals surface area contributed by atoms with Crippen LogP contribution in [0.4, 0.5) is 5.82 Å². The molecule has 0 saturated carbocycles. The highest BCUT2D eigenvalue weighted by Gasteiger charge is 2.53. The summed E-state index contributed by atoms with van der Waals surface area (Å²) in [6.07, 6.45) is -1.64. The van der Waals surface area contributed by atoms with Crippen molar-refractivity contribution in [1.82, 2.24) is 9.55 Å². The molecule has 1 aromatic heterocycles. The number of halogens is 1. The number of hydrogen-bond donors (Lipinski definition) is 4. The predicted molar refractivity (Wildman–Crippen MR) is 69.9 cm³/mol. The van der Waals surface area contributed by atoms with E-state index in [4.69, 9.17) is 22.1 Å². The lowest BCUT2D eigenvalue weighted by molar-refractivity contribution is -0.0993. The molecule has 2 rings (SSSR count). The van der Waals surface area contributed by atoms with Crippen LogP contribution in [0.25, 0.3) is 0 Å². The molecule has 5 N–H and O–H groups in total. The molecule has 1 aromatic rings. The van der Waals surface area contributed by atoms with Crippen LogP contribution >= 0.6 is 11.6 Å². The Morgan fingerprint density at radius 2 is 2.30 bits per heavy atom. The molecule has 1 aliphatic heterocycles. The lowest BCUT2D eigenvalue weighted by Gasteiger charge is -2.25. The van der Waals surface area contributed by atoms with Crippen molar-refractivity contribution >= 4 is 17.4 Å². The number of ether oxygens (including phenoxy) is 1. The SMILES string of the molecule is Nc1ccn([C@@H]2O[C@](C=CCl)(CO)[C@@H](O)[C@H]2O)c(=O)n1. The fourth-order valence-electron chi connectivity index (χ4n) is 2.08. The van der Waals surface area contributed by atoms with Gasteiger partial charge in [-0.1, -0.05) is 11.6 Å². The van der Waals surface area contributed by atoms with Gasteiger partial charge in [-0.2, -0.15) is 4.98 Å². The van der Waals surface area contributed by atoms with Crippen molar-refractivity contribution in [2.24, 2.45) is 0 Å². The molecule has 1 fully saturated rings. The molecule has 1 aliphatic rings. The lowest BCUT2D eigenvalue weighted by Crippen LogP contribution is -2.44. The number of aromatic nitrogens is 2. The summed E-state index contributed by atoms with van der Waals surface area (Å²) in [5.41, 5.74) is 4.09. The van der Waals surface area contributed by atoms with Crippen molar-refractivity contribution in [3.05, 3.63) is 34.4 Å². The number of rotatable bonds is 3. The second kappa shape index (κ2) is 5.51. The molecule has 9 heteroatoms. The largest absolute Gasteiger partial charge is 0.393 e. The van der Waals surface area contributed by atoms with Gasteiger partial charge < -0.3 is 25.8 Å². The highest BCUT2D eigenvalue weighted by atomic mass is 35.5. The Labute approximate surface area is 118 Å². The monoisotopic (exact) mass is 303 g/mol. The first-order valence-electron chi connectivity index (χ1n) is 5.72. The summed E-state index contributed by atoms with van der Waals surface area (Å²) >= 11 is 5.45. The normalized spacial score (nSPS) is 33.9. The predicted octanol–water partition coefficient (Wildman–Crippen LogP) is -1.44. The molecule has 0 unspecified atom stereocenters. The van der Waals surface area contributed by atoms with E-state index in [1.165, 1.54) is 18.3 Å². The highest BCUT2D eigenvalue weighted by molar-refractivity contribution is 6.25. The van der Waals surface area contributed by atoms with Crippen molar-refractivity contribution in [1.29, 1.82) is 0 Å².